The van der Waals surface area contributed by atoms with Gasteiger partial charge in [-0.1, -0.05) is 20.8 Å². The minimum absolute atomic E-state index is 0.0570. The Morgan fingerprint density at radius 2 is 2.06 bits per heavy atom. The number of Topliss-reactive ketones (excluding diaryl/α,β-unsaturated/α-hetero) is 1. The summed E-state index contributed by atoms with van der Waals surface area (Å²) in [5.41, 5.74) is 1.23. The first-order valence-corrected chi connectivity index (χ1v) is 5.88. The molecule has 0 saturated heterocycles. The first-order chi connectivity index (χ1) is 7.39. The highest BCUT2D eigenvalue weighted by Gasteiger charge is 2.36. The molecule has 1 N–H and O–H groups in total. The molecule has 0 spiro atoms. The molecular weight excluding hydrogens is 202 g/mol. The summed E-state index contributed by atoms with van der Waals surface area (Å²) in [5, 5.41) is 10.00. The van der Waals surface area contributed by atoms with Crippen molar-refractivity contribution in [1.82, 2.24) is 0 Å². The van der Waals surface area contributed by atoms with Crippen molar-refractivity contribution < 1.29 is 9.90 Å². The fourth-order valence-corrected chi connectivity index (χ4v) is 2.52. The number of nitrogens with zero attached hydrogens (tertiary/aromatic N) is 1. The Labute approximate surface area is 96.3 Å². The number of hydrogen-bond acceptors (Lipinski definition) is 3. The molecule has 0 aromatic carbocycles. The van der Waals surface area contributed by atoms with E-state index in [1.54, 1.807) is 0 Å². The maximum atomic E-state index is 12.0. The van der Waals surface area contributed by atoms with Gasteiger partial charge >= 0.3 is 0 Å². The van der Waals surface area contributed by atoms with Crippen LogP contribution in [0.25, 0.3) is 0 Å². The number of allylic oxidation sites excluding steroid dienone is 2. The van der Waals surface area contributed by atoms with Gasteiger partial charge in [-0.05, 0) is 17.8 Å². The third-order valence-electron chi connectivity index (χ3n) is 3.28. The van der Waals surface area contributed by atoms with Crippen molar-refractivity contribution in [2.24, 2.45) is 16.3 Å². The van der Waals surface area contributed by atoms with Crippen LogP contribution in [-0.2, 0) is 4.79 Å². The summed E-state index contributed by atoms with van der Waals surface area (Å²) in [5.74, 6) is 0.800. The van der Waals surface area contributed by atoms with E-state index >= 15 is 0 Å². The molecule has 2 aliphatic rings. The van der Waals surface area contributed by atoms with Crippen LogP contribution in [0.3, 0.4) is 0 Å². The molecule has 88 valence electrons. The third kappa shape index (κ3) is 2.04. The SMILES string of the molecule is CC1CN=C(C2=C(O)CC(C)(C)CC2=O)C1. The lowest BCUT2D eigenvalue weighted by molar-refractivity contribution is -0.117. The fourth-order valence-electron chi connectivity index (χ4n) is 2.52. The van der Waals surface area contributed by atoms with Crippen molar-refractivity contribution in [3.05, 3.63) is 11.3 Å². The Bertz CT molecular complexity index is 391. The Balaban J connectivity index is 2.30. The van der Waals surface area contributed by atoms with E-state index < -0.39 is 0 Å². The Morgan fingerprint density at radius 3 is 2.56 bits per heavy atom. The molecular formula is C13H19NO2. The van der Waals surface area contributed by atoms with Crippen molar-refractivity contribution in [2.45, 2.75) is 40.0 Å². The molecule has 16 heavy (non-hydrogen) atoms. The molecule has 0 aromatic rings. The smallest absolute Gasteiger partial charge is 0.168 e. The maximum Gasteiger partial charge on any atom is 0.168 e. The van der Waals surface area contributed by atoms with Crippen LogP contribution in [0.2, 0.25) is 0 Å². The van der Waals surface area contributed by atoms with E-state index in [9.17, 15) is 9.90 Å². The number of ketones is 1. The van der Waals surface area contributed by atoms with Gasteiger partial charge in [-0.2, -0.15) is 0 Å². The van der Waals surface area contributed by atoms with Crippen LogP contribution in [0.15, 0.2) is 16.3 Å². The molecule has 2 rings (SSSR count). The van der Waals surface area contributed by atoms with Crippen LogP contribution < -0.4 is 0 Å². The van der Waals surface area contributed by atoms with Gasteiger partial charge in [-0.3, -0.25) is 9.79 Å². The summed E-state index contributed by atoms with van der Waals surface area (Å²) in [6, 6.07) is 0. The molecule has 0 radical (unpaired) electrons. The second-order valence-electron chi connectivity index (χ2n) is 5.86. The van der Waals surface area contributed by atoms with Gasteiger partial charge < -0.3 is 5.11 Å². The summed E-state index contributed by atoms with van der Waals surface area (Å²) in [7, 11) is 0. The van der Waals surface area contributed by atoms with Crippen molar-refractivity contribution in [3.8, 4) is 0 Å². The maximum absolute atomic E-state index is 12.0. The summed E-state index contributed by atoms with van der Waals surface area (Å²) in [6.07, 6.45) is 1.92. The predicted octanol–water partition coefficient (Wildman–Crippen LogP) is 2.67. The molecule has 1 unspecified atom stereocenters. The van der Waals surface area contributed by atoms with Crippen molar-refractivity contribution in [1.29, 1.82) is 0 Å². The lowest BCUT2D eigenvalue weighted by atomic mass is 9.75. The zero-order valence-electron chi connectivity index (χ0n) is 10.2. The van der Waals surface area contributed by atoms with Crippen LogP contribution in [0.1, 0.15) is 40.0 Å². The average molecular weight is 221 g/mol. The van der Waals surface area contributed by atoms with Gasteiger partial charge in [0.2, 0.25) is 0 Å². The highest BCUT2D eigenvalue weighted by atomic mass is 16.3. The Morgan fingerprint density at radius 1 is 1.38 bits per heavy atom. The molecule has 3 heteroatoms. The van der Waals surface area contributed by atoms with Gasteiger partial charge in [0.15, 0.2) is 5.78 Å². The average Bonchev–Trinajstić information content (AvgIpc) is 2.47. The van der Waals surface area contributed by atoms with Gasteiger partial charge in [0, 0.05) is 25.1 Å². The largest absolute Gasteiger partial charge is 0.511 e. The molecule has 0 amide bonds. The molecule has 0 aromatic heterocycles. The van der Waals surface area contributed by atoms with E-state index in [1.807, 2.05) is 13.8 Å². The topological polar surface area (TPSA) is 49.7 Å². The van der Waals surface area contributed by atoms with Crippen LogP contribution in [-0.4, -0.2) is 23.1 Å². The molecule has 0 fully saturated rings. The summed E-state index contributed by atoms with van der Waals surface area (Å²) in [4.78, 5) is 16.4. The zero-order chi connectivity index (χ0) is 11.9. The van der Waals surface area contributed by atoms with Crippen molar-refractivity contribution in [2.75, 3.05) is 6.54 Å². The van der Waals surface area contributed by atoms with Crippen LogP contribution in [0.4, 0.5) is 0 Å². The third-order valence-corrected chi connectivity index (χ3v) is 3.28. The number of aliphatic hydroxyl groups is 1. The summed E-state index contributed by atoms with van der Waals surface area (Å²) < 4.78 is 0. The van der Waals surface area contributed by atoms with E-state index in [1.165, 1.54) is 0 Å². The van der Waals surface area contributed by atoms with E-state index in [2.05, 4.69) is 11.9 Å². The van der Waals surface area contributed by atoms with Crippen molar-refractivity contribution in [3.63, 3.8) is 0 Å². The quantitative estimate of drug-likeness (QED) is 0.740. The normalized spacial score (nSPS) is 29.6. The molecule has 1 atom stereocenters. The fraction of sp³-hybridized carbons (Fsp3) is 0.692. The standard InChI is InChI=1S/C13H19NO2/c1-8-4-9(14-7-8)12-10(15)5-13(2,3)6-11(12)16/h8,15H,4-7H2,1-3H3. The lowest BCUT2D eigenvalue weighted by Crippen LogP contribution is -2.28. The monoisotopic (exact) mass is 221 g/mol. The van der Waals surface area contributed by atoms with Crippen molar-refractivity contribution >= 4 is 11.5 Å². The lowest BCUT2D eigenvalue weighted by Gasteiger charge is -2.29. The second-order valence-corrected chi connectivity index (χ2v) is 5.86. The van der Waals surface area contributed by atoms with E-state index in [0.29, 0.717) is 24.3 Å². The van der Waals surface area contributed by atoms with Gasteiger partial charge in [-0.15, -0.1) is 0 Å². The van der Waals surface area contributed by atoms with Crippen LogP contribution in [0, 0.1) is 11.3 Å². The van der Waals surface area contributed by atoms with E-state index in [-0.39, 0.29) is 17.0 Å². The number of carbonyl (C=O) groups excluding carboxylic acids is 1. The van der Waals surface area contributed by atoms with E-state index in [0.717, 1.165) is 18.7 Å². The summed E-state index contributed by atoms with van der Waals surface area (Å²) in [6.45, 7) is 6.92. The Hall–Kier alpha value is -1.12. The first-order valence-electron chi connectivity index (χ1n) is 5.88. The van der Waals surface area contributed by atoms with E-state index in [4.69, 9.17) is 0 Å². The Kier molecular flexibility index (Phi) is 2.64. The molecule has 3 nitrogen and oxygen atoms in total. The molecule has 0 bridgehead atoms. The molecule has 0 saturated carbocycles. The van der Waals surface area contributed by atoms with Gasteiger partial charge in [0.1, 0.15) is 5.76 Å². The van der Waals surface area contributed by atoms with Crippen LogP contribution >= 0.6 is 0 Å². The highest BCUT2D eigenvalue weighted by Crippen LogP contribution is 2.37. The predicted molar refractivity (Wildman–Crippen MR) is 63.8 cm³/mol. The number of aliphatic imine (C=N–C) groups is 1. The van der Waals surface area contributed by atoms with Gasteiger partial charge in [0.05, 0.1) is 5.57 Å². The zero-order valence-corrected chi connectivity index (χ0v) is 10.2. The molecule has 1 heterocycles. The second kappa shape index (κ2) is 3.72. The number of rotatable bonds is 1. The highest BCUT2D eigenvalue weighted by molar-refractivity contribution is 6.23. The van der Waals surface area contributed by atoms with Gasteiger partial charge in [0.25, 0.3) is 0 Å². The number of aliphatic hydroxyl groups excluding tert-OH is 1. The first kappa shape index (κ1) is 11.4. The van der Waals surface area contributed by atoms with Gasteiger partial charge in [-0.25, -0.2) is 0 Å². The minimum atomic E-state index is -0.116. The summed E-state index contributed by atoms with van der Waals surface area (Å²) >= 11 is 0. The number of carbonyl (C=O) groups is 1. The minimum Gasteiger partial charge on any atom is -0.511 e. The molecule has 1 aliphatic carbocycles. The molecule has 1 aliphatic heterocycles. The number of hydrogen-bond donors (Lipinski definition) is 1. The van der Waals surface area contributed by atoms with Crippen LogP contribution in [0.5, 0.6) is 0 Å².